The highest BCUT2D eigenvalue weighted by atomic mass is 16.6. The Morgan fingerprint density at radius 2 is 2.17 bits per heavy atom. The maximum Gasteiger partial charge on any atom is 0.410 e. The molecule has 0 saturated carbocycles. The molecular weight excluding hydrogens is 226 g/mol. The van der Waals surface area contributed by atoms with Crippen molar-refractivity contribution in [3.8, 4) is 0 Å². The lowest BCUT2D eigenvalue weighted by molar-refractivity contribution is 0.0751. The number of hydrogen-bond donors (Lipinski definition) is 0. The number of fused-ring (bicyclic) bond motifs is 1. The molecule has 0 fully saturated rings. The van der Waals surface area contributed by atoms with Crippen molar-refractivity contribution in [3.63, 3.8) is 0 Å². The third-order valence-electron chi connectivity index (χ3n) is 3.47. The minimum absolute atomic E-state index is 0.133. The predicted molar refractivity (Wildman–Crippen MR) is 71.5 cm³/mol. The number of hydrogen-bond acceptors (Lipinski definition) is 2. The molecule has 0 radical (unpaired) electrons. The summed E-state index contributed by atoms with van der Waals surface area (Å²) in [6, 6.07) is 8.53. The molecule has 0 aromatic heterocycles. The fraction of sp³-hybridized carbons (Fsp3) is 0.533. The van der Waals surface area contributed by atoms with Crippen molar-refractivity contribution in [2.24, 2.45) is 5.92 Å². The van der Waals surface area contributed by atoms with Crippen LogP contribution < -0.4 is 0 Å². The van der Waals surface area contributed by atoms with Crippen LogP contribution in [-0.4, -0.2) is 24.1 Å². The average Bonchev–Trinajstić information content (AvgIpc) is 2.37. The van der Waals surface area contributed by atoms with E-state index in [1.807, 2.05) is 17.9 Å². The predicted octanol–water partition coefficient (Wildman–Crippen LogP) is 3.40. The molecule has 3 nitrogen and oxygen atoms in total. The van der Waals surface area contributed by atoms with Crippen LogP contribution in [0.4, 0.5) is 4.79 Å². The molecule has 3 heteroatoms. The van der Waals surface area contributed by atoms with Gasteiger partial charge in [0.25, 0.3) is 0 Å². The van der Waals surface area contributed by atoms with Gasteiger partial charge in [-0.3, -0.25) is 0 Å². The summed E-state index contributed by atoms with van der Waals surface area (Å²) in [5.74, 6) is 0.385. The van der Waals surface area contributed by atoms with Crippen LogP contribution in [0.2, 0.25) is 0 Å². The zero-order chi connectivity index (χ0) is 13.1. The highest BCUT2D eigenvalue weighted by Crippen LogP contribution is 2.35. The second-order valence-corrected chi connectivity index (χ2v) is 5.03. The SMILES string of the molecule is CCOC(=O)N1CCc2ccccc2C1C(C)C. The summed E-state index contributed by atoms with van der Waals surface area (Å²) in [4.78, 5) is 13.9. The Labute approximate surface area is 109 Å². The molecule has 1 aliphatic rings. The maximum absolute atomic E-state index is 12.0. The minimum Gasteiger partial charge on any atom is -0.450 e. The molecule has 1 aliphatic heterocycles. The van der Waals surface area contributed by atoms with Crippen molar-refractivity contribution in [1.29, 1.82) is 0 Å². The van der Waals surface area contributed by atoms with Crippen LogP contribution in [0.1, 0.15) is 37.9 Å². The monoisotopic (exact) mass is 247 g/mol. The lowest BCUT2D eigenvalue weighted by Crippen LogP contribution is -2.42. The van der Waals surface area contributed by atoms with Gasteiger partial charge in [0.1, 0.15) is 0 Å². The largest absolute Gasteiger partial charge is 0.450 e. The first kappa shape index (κ1) is 12.9. The normalized spacial score (nSPS) is 18.7. The number of rotatable bonds is 2. The first-order valence-electron chi connectivity index (χ1n) is 6.66. The van der Waals surface area contributed by atoms with Crippen LogP contribution in [0.5, 0.6) is 0 Å². The molecular formula is C15H21NO2. The van der Waals surface area contributed by atoms with E-state index in [2.05, 4.69) is 32.0 Å². The van der Waals surface area contributed by atoms with Gasteiger partial charge in [0, 0.05) is 6.54 Å². The van der Waals surface area contributed by atoms with E-state index in [1.54, 1.807) is 0 Å². The summed E-state index contributed by atoms with van der Waals surface area (Å²) in [7, 11) is 0. The summed E-state index contributed by atoms with van der Waals surface area (Å²) in [6.07, 6.45) is 0.726. The Morgan fingerprint density at radius 3 is 2.83 bits per heavy atom. The van der Waals surface area contributed by atoms with Crippen molar-refractivity contribution in [2.45, 2.75) is 33.2 Å². The summed E-state index contributed by atoms with van der Waals surface area (Å²) in [5, 5.41) is 0. The van der Waals surface area contributed by atoms with Crippen molar-refractivity contribution in [1.82, 2.24) is 4.90 Å². The first-order valence-corrected chi connectivity index (χ1v) is 6.66. The molecule has 2 rings (SSSR count). The summed E-state index contributed by atoms with van der Waals surface area (Å²) >= 11 is 0. The quantitative estimate of drug-likeness (QED) is 0.801. The van der Waals surface area contributed by atoms with E-state index in [0.717, 1.165) is 13.0 Å². The molecule has 18 heavy (non-hydrogen) atoms. The highest BCUT2D eigenvalue weighted by Gasteiger charge is 2.33. The van der Waals surface area contributed by atoms with Crippen molar-refractivity contribution >= 4 is 6.09 Å². The third kappa shape index (κ3) is 2.35. The van der Waals surface area contributed by atoms with E-state index in [4.69, 9.17) is 4.74 Å². The molecule has 1 amide bonds. The van der Waals surface area contributed by atoms with Crippen molar-refractivity contribution in [2.75, 3.05) is 13.2 Å². The van der Waals surface area contributed by atoms with Crippen LogP contribution in [0.25, 0.3) is 0 Å². The van der Waals surface area contributed by atoms with Crippen LogP contribution >= 0.6 is 0 Å². The summed E-state index contributed by atoms with van der Waals surface area (Å²) < 4.78 is 5.16. The van der Waals surface area contributed by atoms with Gasteiger partial charge in [-0.15, -0.1) is 0 Å². The van der Waals surface area contributed by atoms with Crippen LogP contribution in [0.15, 0.2) is 24.3 Å². The van der Waals surface area contributed by atoms with E-state index in [-0.39, 0.29) is 12.1 Å². The summed E-state index contributed by atoms with van der Waals surface area (Å²) in [6.45, 7) is 7.33. The zero-order valence-corrected chi connectivity index (χ0v) is 11.3. The first-order chi connectivity index (χ1) is 8.65. The smallest absolute Gasteiger partial charge is 0.410 e. The van der Waals surface area contributed by atoms with Gasteiger partial charge >= 0.3 is 6.09 Å². The molecule has 98 valence electrons. The van der Waals surface area contributed by atoms with Gasteiger partial charge in [-0.2, -0.15) is 0 Å². The van der Waals surface area contributed by atoms with E-state index in [1.165, 1.54) is 11.1 Å². The number of carbonyl (C=O) groups excluding carboxylic acids is 1. The number of amides is 1. The van der Waals surface area contributed by atoms with Crippen molar-refractivity contribution in [3.05, 3.63) is 35.4 Å². The molecule has 1 aromatic rings. The van der Waals surface area contributed by atoms with E-state index in [0.29, 0.717) is 12.5 Å². The van der Waals surface area contributed by atoms with Gasteiger partial charge < -0.3 is 9.64 Å². The highest BCUT2D eigenvalue weighted by molar-refractivity contribution is 5.69. The molecule has 0 bridgehead atoms. The molecule has 1 aromatic carbocycles. The fourth-order valence-corrected chi connectivity index (χ4v) is 2.73. The Morgan fingerprint density at radius 1 is 1.44 bits per heavy atom. The minimum atomic E-state index is -0.189. The number of benzene rings is 1. The standard InChI is InChI=1S/C15H21NO2/c1-4-18-15(17)16-10-9-12-7-5-6-8-13(12)14(16)11(2)3/h5-8,11,14H,4,9-10H2,1-3H3. The Hall–Kier alpha value is -1.51. The lowest BCUT2D eigenvalue weighted by atomic mass is 9.86. The molecule has 1 atom stereocenters. The molecule has 0 aliphatic carbocycles. The van der Waals surface area contributed by atoms with E-state index >= 15 is 0 Å². The second-order valence-electron chi connectivity index (χ2n) is 5.03. The number of nitrogens with zero attached hydrogens (tertiary/aromatic N) is 1. The number of ether oxygens (including phenoxy) is 1. The van der Waals surface area contributed by atoms with Crippen LogP contribution in [-0.2, 0) is 11.2 Å². The fourth-order valence-electron chi connectivity index (χ4n) is 2.73. The molecule has 1 unspecified atom stereocenters. The van der Waals surface area contributed by atoms with Crippen molar-refractivity contribution < 1.29 is 9.53 Å². The Balaban J connectivity index is 2.32. The van der Waals surface area contributed by atoms with E-state index in [9.17, 15) is 4.79 Å². The lowest BCUT2D eigenvalue weighted by Gasteiger charge is -2.38. The maximum atomic E-state index is 12.0. The third-order valence-corrected chi connectivity index (χ3v) is 3.47. The second kappa shape index (κ2) is 5.42. The number of carbonyl (C=O) groups is 1. The van der Waals surface area contributed by atoms with E-state index < -0.39 is 0 Å². The van der Waals surface area contributed by atoms with Gasteiger partial charge in [-0.05, 0) is 30.4 Å². The van der Waals surface area contributed by atoms with Gasteiger partial charge in [0.15, 0.2) is 0 Å². The summed E-state index contributed by atoms with van der Waals surface area (Å²) in [5.41, 5.74) is 2.63. The van der Waals surface area contributed by atoms with Gasteiger partial charge in [-0.25, -0.2) is 4.79 Å². The molecule has 1 heterocycles. The average molecular weight is 247 g/mol. The van der Waals surface area contributed by atoms with Crippen LogP contribution in [0, 0.1) is 5.92 Å². The molecule has 0 spiro atoms. The Bertz CT molecular complexity index is 428. The zero-order valence-electron chi connectivity index (χ0n) is 11.3. The van der Waals surface area contributed by atoms with Gasteiger partial charge in [0.05, 0.1) is 12.6 Å². The Kier molecular flexibility index (Phi) is 3.90. The van der Waals surface area contributed by atoms with Gasteiger partial charge in [-0.1, -0.05) is 38.1 Å². The molecule has 0 N–H and O–H groups in total. The topological polar surface area (TPSA) is 29.5 Å². The molecule has 0 saturated heterocycles. The van der Waals surface area contributed by atoms with Gasteiger partial charge in [0.2, 0.25) is 0 Å². The van der Waals surface area contributed by atoms with Crippen LogP contribution in [0.3, 0.4) is 0 Å².